The Bertz CT molecular complexity index is 1720. The molecule has 0 unspecified atom stereocenters. The maximum atomic E-state index is 14.5. The van der Waals surface area contributed by atoms with E-state index in [1.807, 2.05) is 68.4 Å². The Morgan fingerprint density at radius 3 is 2.16 bits per heavy atom. The number of benzene rings is 4. The van der Waals surface area contributed by atoms with Crippen molar-refractivity contribution in [1.82, 2.24) is 10.2 Å². The van der Waals surface area contributed by atoms with Crippen LogP contribution in [0.3, 0.4) is 0 Å². The van der Waals surface area contributed by atoms with Gasteiger partial charge in [-0.25, -0.2) is 8.42 Å². The average molecular weight is 732 g/mol. The fourth-order valence-electron chi connectivity index (χ4n) is 4.72. The van der Waals surface area contributed by atoms with Crippen molar-refractivity contribution in [3.8, 4) is 0 Å². The van der Waals surface area contributed by atoms with Gasteiger partial charge in [0, 0.05) is 33.5 Å². The number of carbonyl (C=O) groups is 2. The Hall–Kier alpha value is -3.37. The lowest BCUT2D eigenvalue weighted by atomic mass is 10.0. The summed E-state index contributed by atoms with van der Waals surface area (Å²) in [5.41, 5.74) is 1.83. The highest BCUT2D eigenvalue weighted by atomic mass is 79.9. The summed E-state index contributed by atoms with van der Waals surface area (Å²) in [5, 5.41) is 3.71. The summed E-state index contributed by atoms with van der Waals surface area (Å²) in [6, 6.07) is 27.8. The molecule has 11 heteroatoms. The lowest BCUT2D eigenvalue weighted by molar-refractivity contribution is -0.140. The highest BCUT2D eigenvalue weighted by Crippen LogP contribution is 2.28. The van der Waals surface area contributed by atoms with E-state index in [0.29, 0.717) is 16.5 Å². The maximum Gasteiger partial charge on any atom is 0.264 e. The zero-order valence-electron chi connectivity index (χ0n) is 24.9. The third-order valence-corrected chi connectivity index (χ3v) is 10.1. The third kappa shape index (κ3) is 9.33. The van der Waals surface area contributed by atoms with Crippen molar-refractivity contribution in [2.45, 2.75) is 50.2 Å². The molecule has 2 atom stereocenters. The van der Waals surface area contributed by atoms with E-state index in [4.69, 9.17) is 23.2 Å². The van der Waals surface area contributed by atoms with Gasteiger partial charge in [0.25, 0.3) is 10.0 Å². The Labute approximate surface area is 283 Å². The predicted molar refractivity (Wildman–Crippen MR) is 184 cm³/mol. The van der Waals surface area contributed by atoms with Gasteiger partial charge in [0.05, 0.1) is 10.6 Å². The molecule has 0 fully saturated rings. The van der Waals surface area contributed by atoms with E-state index >= 15 is 0 Å². The third-order valence-electron chi connectivity index (χ3n) is 7.29. The molecule has 45 heavy (non-hydrogen) atoms. The van der Waals surface area contributed by atoms with Crippen molar-refractivity contribution in [1.29, 1.82) is 0 Å². The molecule has 0 heterocycles. The van der Waals surface area contributed by atoms with E-state index in [9.17, 15) is 18.0 Å². The molecular formula is C34H34BrCl2N3O4S. The standard InChI is InChI=1S/C34H34BrCl2N3O4S/c1-3-24(2)38-34(42)32(20-25-9-5-4-6-10-25)39(22-26-11-7-12-27(35)19-26)33(41)23-40(30-14-8-13-29(37)21-30)45(43,44)31-17-15-28(36)16-18-31/h4-19,21,24,32H,3,20,22-23H2,1-2H3,(H,38,42)/t24-,32-/m0/s1. The number of rotatable bonds is 13. The quantitative estimate of drug-likeness (QED) is 0.154. The molecule has 4 aromatic rings. The first-order valence-corrected chi connectivity index (χ1v) is 17.4. The number of sulfonamides is 1. The average Bonchev–Trinajstić information content (AvgIpc) is 3.02. The van der Waals surface area contributed by atoms with Crippen molar-refractivity contribution >= 4 is 66.7 Å². The lowest BCUT2D eigenvalue weighted by Crippen LogP contribution is -2.54. The van der Waals surface area contributed by atoms with Crippen molar-refractivity contribution in [3.63, 3.8) is 0 Å². The summed E-state index contributed by atoms with van der Waals surface area (Å²) in [6.45, 7) is 3.35. The SMILES string of the molecule is CC[C@H](C)NC(=O)[C@H](Cc1ccccc1)N(Cc1cccc(Br)c1)C(=O)CN(c1cccc(Cl)c1)S(=O)(=O)c1ccc(Cl)cc1. The first-order valence-electron chi connectivity index (χ1n) is 14.4. The smallest absolute Gasteiger partial charge is 0.264 e. The molecule has 0 saturated carbocycles. The largest absolute Gasteiger partial charge is 0.352 e. The fraction of sp³-hybridized carbons (Fsp3) is 0.235. The molecule has 2 amide bonds. The van der Waals surface area contributed by atoms with Crippen LogP contribution < -0.4 is 9.62 Å². The van der Waals surface area contributed by atoms with E-state index < -0.39 is 28.5 Å². The number of carbonyl (C=O) groups excluding carboxylic acids is 2. The highest BCUT2D eigenvalue weighted by molar-refractivity contribution is 9.10. The van der Waals surface area contributed by atoms with Crippen LogP contribution in [0, 0.1) is 0 Å². The molecule has 1 N–H and O–H groups in total. The number of nitrogens with zero attached hydrogens (tertiary/aromatic N) is 2. The molecule has 4 aromatic carbocycles. The van der Waals surface area contributed by atoms with E-state index in [0.717, 1.165) is 19.9 Å². The summed E-state index contributed by atoms with van der Waals surface area (Å²) in [6.07, 6.45) is 0.926. The normalized spacial score (nSPS) is 12.6. The van der Waals surface area contributed by atoms with E-state index in [2.05, 4.69) is 21.2 Å². The molecule has 0 spiro atoms. The van der Waals surface area contributed by atoms with Gasteiger partial charge in [-0.05, 0) is 79.1 Å². The van der Waals surface area contributed by atoms with Gasteiger partial charge in [0.15, 0.2) is 0 Å². The van der Waals surface area contributed by atoms with E-state index in [1.165, 1.54) is 35.2 Å². The monoisotopic (exact) mass is 729 g/mol. The summed E-state index contributed by atoms with van der Waals surface area (Å²) >= 11 is 15.8. The van der Waals surface area contributed by atoms with Crippen LogP contribution in [0.1, 0.15) is 31.4 Å². The molecule has 0 radical (unpaired) electrons. The van der Waals surface area contributed by atoms with Crippen molar-refractivity contribution < 1.29 is 18.0 Å². The van der Waals surface area contributed by atoms with Gasteiger partial charge in [-0.15, -0.1) is 0 Å². The number of halogens is 3. The number of hydrogen-bond donors (Lipinski definition) is 1. The Kier molecular flexibility index (Phi) is 12.1. The fourth-order valence-corrected chi connectivity index (χ4v) is 6.88. The molecule has 0 aliphatic rings. The van der Waals surface area contributed by atoms with Gasteiger partial charge in [-0.2, -0.15) is 0 Å². The van der Waals surface area contributed by atoms with Gasteiger partial charge in [-0.1, -0.05) is 94.6 Å². The first-order chi connectivity index (χ1) is 21.5. The summed E-state index contributed by atoms with van der Waals surface area (Å²) in [4.78, 5) is 29.8. The molecule has 0 aliphatic heterocycles. The molecule has 236 valence electrons. The number of anilines is 1. The van der Waals surface area contributed by atoms with E-state index in [-0.39, 0.29) is 35.5 Å². The van der Waals surface area contributed by atoms with Crippen molar-refractivity contribution in [2.75, 3.05) is 10.8 Å². The van der Waals surface area contributed by atoms with Gasteiger partial charge in [0.2, 0.25) is 11.8 Å². The second-order valence-electron chi connectivity index (χ2n) is 10.6. The van der Waals surface area contributed by atoms with Crippen LogP contribution in [-0.2, 0) is 32.6 Å². The van der Waals surface area contributed by atoms with Crippen molar-refractivity contribution in [2.24, 2.45) is 0 Å². The second kappa shape index (κ2) is 15.8. The van der Waals surface area contributed by atoms with Gasteiger partial charge >= 0.3 is 0 Å². The first kappa shape index (κ1) is 34.5. The molecule has 0 bridgehead atoms. The van der Waals surface area contributed by atoms with Gasteiger partial charge in [0.1, 0.15) is 12.6 Å². The van der Waals surface area contributed by atoms with Crippen LogP contribution in [0.25, 0.3) is 0 Å². The minimum Gasteiger partial charge on any atom is -0.352 e. The van der Waals surface area contributed by atoms with Crippen LogP contribution in [0.4, 0.5) is 5.69 Å². The topological polar surface area (TPSA) is 86.8 Å². The minimum absolute atomic E-state index is 0.0476. The Morgan fingerprint density at radius 2 is 1.51 bits per heavy atom. The maximum absolute atomic E-state index is 14.5. The minimum atomic E-state index is -4.26. The summed E-state index contributed by atoms with van der Waals surface area (Å²) in [5.74, 6) is -0.890. The van der Waals surface area contributed by atoms with Gasteiger partial charge in [-0.3, -0.25) is 13.9 Å². The van der Waals surface area contributed by atoms with Crippen LogP contribution in [0.2, 0.25) is 10.0 Å². The van der Waals surface area contributed by atoms with Crippen LogP contribution in [-0.4, -0.2) is 43.8 Å². The number of amides is 2. The Morgan fingerprint density at radius 1 is 0.844 bits per heavy atom. The highest BCUT2D eigenvalue weighted by Gasteiger charge is 2.35. The molecule has 0 aliphatic carbocycles. The molecule has 0 saturated heterocycles. The lowest BCUT2D eigenvalue weighted by Gasteiger charge is -2.34. The zero-order valence-corrected chi connectivity index (χ0v) is 28.8. The summed E-state index contributed by atoms with van der Waals surface area (Å²) in [7, 11) is -4.26. The molecule has 4 rings (SSSR count). The Balaban J connectivity index is 1.81. The van der Waals surface area contributed by atoms with E-state index in [1.54, 1.807) is 18.2 Å². The molecular weight excluding hydrogens is 697 g/mol. The van der Waals surface area contributed by atoms with Crippen LogP contribution >= 0.6 is 39.1 Å². The second-order valence-corrected chi connectivity index (χ2v) is 14.3. The number of hydrogen-bond acceptors (Lipinski definition) is 4. The van der Waals surface area contributed by atoms with Crippen LogP contribution in [0.15, 0.2) is 112 Å². The van der Waals surface area contributed by atoms with Crippen LogP contribution in [0.5, 0.6) is 0 Å². The zero-order chi connectivity index (χ0) is 32.6. The predicted octanol–water partition coefficient (Wildman–Crippen LogP) is 7.51. The number of nitrogens with one attached hydrogen (secondary N) is 1. The molecule has 7 nitrogen and oxygen atoms in total. The molecule has 0 aromatic heterocycles. The summed E-state index contributed by atoms with van der Waals surface area (Å²) < 4.78 is 30.0. The van der Waals surface area contributed by atoms with Crippen molar-refractivity contribution in [3.05, 3.63) is 129 Å². The van der Waals surface area contributed by atoms with Gasteiger partial charge < -0.3 is 10.2 Å².